The maximum absolute atomic E-state index is 10.1. The van der Waals surface area contributed by atoms with E-state index in [2.05, 4.69) is 31.9 Å². The number of fused-ring (bicyclic) bond motifs is 6. The number of allylic oxidation sites excluding steroid dienone is 2. The van der Waals surface area contributed by atoms with Gasteiger partial charge in [0.25, 0.3) is 0 Å². The van der Waals surface area contributed by atoms with E-state index in [1.807, 2.05) is 24.4 Å². The van der Waals surface area contributed by atoms with Gasteiger partial charge in [0.1, 0.15) is 11.9 Å². The molecule has 31 heavy (non-hydrogen) atoms. The number of aliphatic hydroxyl groups excluding tert-OH is 1. The molecule has 2 atom stereocenters. The summed E-state index contributed by atoms with van der Waals surface area (Å²) >= 11 is 0. The molecule has 0 saturated carbocycles. The SMILES string of the molecule is C=C(O)C1=CN2C(=CC1=C)c1cc(OC)c(OCCCOC)cc1[C@H]1OCC(C)(C)[C@H]12. The quantitative estimate of drug-likeness (QED) is 0.502. The van der Waals surface area contributed by atoms with Crippen LogP contribution in [0.1, 0.15) is 37.5 Å². The fourth-order valence-corrected chi connectivity index (χ4v) is 4.68. The van der Waals surface area contributed by atoms with Gasteiger partial charge in [-0.3, -0.25) is 0 Å². The summed E-state index contributed by atoms with van der Waals surface area (Å²) in [5, 5.41) is 10.1. The van der Waals surface area contributed by atoms with Crippen molar-refractivity contribution in [3.63, 3.8) is 0 Å². The van der Waals surface area contributed by atoms with Gasteiger partial charge in [0.2, 0.25) is 0 Å². The van der Waals surface area contributed by atoms with E-state index >= 15 is 0 Å². The molecule has 0 aromatic heterocycles. The molecule has 3 aliphatic rings. The Labute approximate surface area is 184 Å². The topological polar surface area (TPSA) is 60.4 Å². The summed E-state index contributed by atoms with van der Waals surface area (Å²) in [6.45, 7) is 14.1. The van der Waals surface area contributed by atoms with Crippen LogP contribution in [0.2, 0.25) is 0 Å². The highest BCUT2D eigenvalue weighted by Crippen LogP contribution is 2.54. The van der Waals surface area contributed by atoms with Crippen LogP contribution in [0.15, 0.2) is 54.5 Å². The molecule has 6 heteroatoms. The Kier molecular flexibility index (Phi) is 5.62. The first-order valence-corrected chi connectivity index (χ1v) is 10.5. The molecule has 1 aromatic rings. The molecule has 1 saturated heterocycles. The molecule has 0 spiro atoms. The van der Waals surface area contributed by atoms with Crippen LogP contribution in [0.25, 0.3) is 5.70 Å². The molecule has 4 rings (SSSR count). The van der Waals surface area contributed by atoms with Gasteiger partial charge in [0, 0.05) is 48.6 Å². The Morgan fingerprint density at radius 1 is 1.26 bits per heavy atom. The third-order valence-corrected chi connectivity index (χ3v) is 6.20. The average Bonchev–Trinajstić information content (AvgIpc) is 3.05. The number of methoxy groups -OCH3 is 2. The van der Waals surface area contributed by atoms with E-state index in [0.29, 0.717) is 36.9 Å². The number of ether oxygens (including phenoxy) is 4. The average molecular weight is 426 g/mol. The minimum atomic E-state index is -0.134. The second-order valence-electron chi connectivity index (χ2n) is 8.90. The Morgan fingerprint density at radius 3 is 2.71 bits per heavy atom. The summed E-state index contributed by atoms with van der Waals surface area (Å²) in [7, 11) is 3.33. The van der Waals surface area contributed by atoms with Gasteiger partial charge in [0.15, 0.2) is 11.5 Å². The lowest BCUT2D eigenvalue weighted by molar-refractivity contribution is 0.0809. The molecule has 0 unspecified atom stereocenters. The maximum atomic E-state index is 10.1. The standard InChI is InChI=1S/C25H31NO5/c1-15-10-20-17-11-21(29-6)22(30-9-7-8-28-5)12-18(17)23-24(25(3,4)14-31-23)26(20)13-19(15)16(2)27/h10-13,23-24,27H,1-2,7-9,14H2,3-6H3/t23-,24+/m1/s1. The van der Waals surface area contributed by atoms with Gasteiger partial charge < -0.3 is 29.0 Å². The monoisotopic (exact) mass is 425 g/mol. The fourth-order valence-electron chi connectivity index (χ4n) is 4.68. The Balaban J connectivity index is 1.82. The van der Waals surface area contributed by atoms with Crippen molar-refractivity contribution in [2.75, 3.05) is 34.0 Å². The molecule has 0 radical (unpaired) electrons. The van der Waals surface area contributed by atoms with E-state index in [1.54, 1.807) is 14.2 Å². The van der Waals surface area contributed by atoms with E-state index in [0.717, 1.165) is 28.8 Å². The zero-order valence-corrected chi connectivity index (χ0v) is 18.7. The smallest absolute Gasteiger partial charge is 0.161 e. The predicted octanol–water partition coefficient (Wildman–Crippen LogP) is 4.76. The minimum absolute atomic E-state index is 0.0109. The van der Waals surface area contributed by atoms with Crippen molar-refractivity contribution < 1.29 is 24.1 Å². The van der Waals surface area contributed by atoms with Gasteiger partial charge in [-0.2, -0.15) is 0 Å². The zero-order chi connectivity index (χ0) is 22.3. The Hall–Kier alpha value is -2.70. The molecule has 0 bridgehead atoms. The third kappa shape index (κ3) is 3.64. The molecule has 166 valence electrons. The van der Waals surface area contributed by atoms with Gasteiger partial charge in [-0.05, 0) is 29.3 Å². The summed E-state index contributed by atoms with van der Waals surface area (Å²) in [5.41, 5.74) is 4.36. The van der Waals surface area contributed by atoms with Crippen molar-refractivity contribution >= 4 is 5.70 Å². The molecule has 3 aliphatic heterocycles. The van der Waals surface area contributed by atoms with E-state index in [-0.39, 0.29) is 23.3 Å². The van der Waals surface area contributed by atoms with Crippen molar-refractivity contribution in [1.82, 2.24) is 4.90 Å². The van der Waals surface area contributed by atoms with Crippen molar-refractivity contribution in [3.8, 4) is 11.5 Å². The molecule has 1 aromatic carbocycles. The number of benzene rings is 1. The van der Waals surface area contributed by atoms with Gasteiger partial charge in [-0.25, -0.2) is 0 Å². The molecule has 0 amide bonds. The summed E-state index contributed by atoms with van der Waals surface area (Å²) in [6.07, 6.45) is 4.60. The zero-order valence-electron chi connectivity index (χ0n) is 18.7. The van der Waals surface area contributed by atoms with E-state index < -0.39 is 0 Å². The van der Waals surface area contributed by atoms with Gasteiger partial charge in [-0.15, -0.1) is 0 Å². The van der Waals surface area contributed by atoms with Gasteiger partial charge >= 0.3 is 0 Å². The lowest BCUT2D eigenvalue weighted by atomic mass is 9.76. The number of hydrogen-bond acceptors (Lipinski definition) is 6. The number of aliphatic hydroxyl groups is 1. The summed E-state index contributed by atoms with van der Waals surface area (Å²) < 4.78 is 23.1. The maximum Gasteiger partial charge on any atom is 0.161 e. The highest BCUT2D eigenvalue weighted by atomic mass is 16.5. The minimum Gasteiger partial charge on any atom is -0.508 e. The molecule has 1 fully saturated rings. The summed E-state index contributed by atoms with van der Waals surface area (Å²) in [4.78, 5) is 2.20. The number of rotatable bonds is 7. The molecule has 1 N–H and O–H groups in total. The van der Waals surface area contributed by atoms with Crippen LogP contribution in [-0.2, 0) is 9.47 Å². The highest BCUT2D eigenvalue weighted by Gasteiger charge is 2.52. The normalized spacial score (nSPS) is 23.4. The Morgan fingerprint density at radius 2 is 2.03 bits per heavy atom. The fraction of sp³-hybridized carbons (Fsp3) is 0.440. The van der Waals surface area contributed by atoms with Crippen molar-refractivity contribution in [2.24, 2.45) is 5.41 Å². The summed E-state index contributed by atoms with van der Waals surface area (Å²) in [6, 6.07) is 4.11. The van der Waals surface area contributed by atoms with Gasteiger partial charge in [0.05, 0.1) is 26.4 Å². The largest absolute Gasteiger partial charge is 0.508 e. The second kappa shape index (κ2) is 8.09. The number of nitrogens with zero attached hydrogens (tertiary/aromatic N) is 1. The van der Waals surface area contributed by atoms with Crippen molar-refractivity contribution in [2.45, 2.75) is 32.4 Å². The first-order chi connectivity index (χ1) is 14.8. The van der Waals surface area contributed by atoms with Crippen LogP contribution >= 0.6 is 0 Å². The summed E-state index contributed by atoms with van der Waals surface area (Å²) in [5.74, 6) is 1.38. The lowest BCUT2D eigenvalue weighted by Crippen LogP contribution is -2.45. The van der Waals surface area contributed by atoms with Crippen LogP contribution in [0.4, 0.5) is 0 Å². The third-order valence-electron chi connectivity index (χ3n) is 6.20. The first-order valence-electron chi connectivity index (χ1n) is 10.5. The van der Waals surface area contributed by atoms with E-state index in [4.69, 9.17) is 18.9 Å². The van der Waals surface area contributed by atoms with Crippen LogP contribution in [-0.4, -0.2) is 50.1 Å². The molecular formula is C25H31NO5. The molecule has 0 aliphatic carbocycles. The van der Waals surface area contributed by atoms with Crippen LogP contribution in [0.5, 0.6) is 11.5 Å². The Bertz CT molecular complexity index is 974. The first kappa shape index (κ1) is 21.5. The van der Waals surface area contributed by atoms with Gasteiger partial charge in [-0.1, -0.05) is 27.0 Å². The van der Waals surface area contributed by atoms with E-state index in [1.165, 1.54) is 0 Å². The molecule has 3 heterocycles. The van der Waals surface area contributed by atoms with Crippen LogP contribution in [0, 0.1) is 5.41 Å². The molecule has 6 nitrogen and oxygen atoms in total. The molecular weight excluding hydrogens is 394 g/mol. The van der Waals surface area contributed by atoms with Crippen molar-refractivity contribution in [3.05, 3.63) is 65.6 Å². The van der Waals surface area contributed by atoms with Crippen LogP contribution < -0.4 is 9.47 Å². The highest BCUT2D eigenvalue weighted by molar-refractivity contribution is 5.79. The number of hydrogen-bond donors (Lipinski definition) is 1. The predicted molar refractivity (Wildman–Crippen MR) is 120 cm³/mol. The lowest BCUT2D eigenvalue weighted by Gasteiger charge is -2.46. The van der Waals surface area contributed by atoms with Crippen molar-refractivity contribution in [1.29, 1.82) is 0 Å². The van der Waals surface area contributed by atoms with E-state index in [9.17, 15) is 5.11 Å². The van der Waals surface area contributed by atoms with Crippen LogP contribution in [0.3, 0.4) is 0 Å². The second-order valence-corrected chi connectivity index (χ2v) is 8.90.